The van der Waals surface area contributed by atoms with Gasteiger partial charge in [0.2, 0.25) is 0 Å². The minimum atomic E-state index is -4.47. The van der Waals surface area contributed by atoms with Gasteiger partial charge in [-0.1, -0.05) is 12.2 Å². The Morgan fingerprint density at radius 3 is 2.62 bits per heavy atom. The van der Waals surface area contributed by atoms with Gasteiger partial charge in [-0.15, -0.1) is 11.3 Å². The largest absolute Gasteiger partial charge is 0.425 e. The Morgan fingerprint density at radius 1 is 1.25 bits per heavy atom. The maximum absolute atomic E-state index is 13.5. The number of alkyl halides is 3. The van der Waals surface area contributed by atoms with Crippen LogP contribution in [0.1, 0.15) is 45.7 Å². The predicted octanol–water partition coefficient (Wildman–Crippen LogP) is 3.21. The second kappa shape index (κ2) is 7.95. The van der Waals surface area contributed by atoms with Crippen LogP contribution < -0.4 is 0 Å². The molecule has 2 aromatic heterocycles. The number of nitrogens with zero attached hydrogens (tertiary/aromatic N) is 3. The fourth-order valence-electron chi connectivity index (χ4n) is 5.01. The second-order valence-corrected chi connectivity index (χ2v) is 10.0. The molecule has 1 aliphatic carbocycles. The van der Waals surface area contributed by atoms with Crippen LogP contribution in [0, 0.1) is 0 Å². The second-order valence-electron chi connectivity index (χ2n) is 9.00. The van der Waals surface area contributed by atoms with E-state index in [0.717, 1.165) is 16.9 Å². The molecule has 2 aliphatic heterocycles. The van der Waals surface area contributed by atoms with Gasteiger partial charge in [0.25, 0.3) is 0 Å². The molecule has 0 saturated carbocycles. The smallest absolute Gasteiger partial charge is 0.392 e. The highest BCUT2D eigenvalue weighted by molar-refractivity contribution is 7.12. The number of aromatic nitrogens is 2. The van der Waals surface area contributed by atoms with E-state index in [0.29, 0.717) is 68.9 Å². The molecule has 1 spiro atoms. The van der Waals surface area contributed by atoms with Crippen LogP contribution in [-0.2, 0) is 42.6 Å². The van der Waals surface area contributed by atoms with E-state index in [2.05, 4.69) is 10.00 Å². The van der Waals surface area contributed by atoms with Crippen molar-refractivity contribution in [2.75, 3.05) is 19.7 Å². The first kappa shape index (κ1) is 22.1. The minimum absolute atomic E-state index is 0.0259. The Balaban J connectivity index is 1.28. The van der Waals surface area contributed by atoms with Crippen molar-refractivity contribution in [2.45, 2.75) is 62.8 Å². The zero-order valence-corrected chi connectivity index (χ0v) is 18.4. The van der Waals surface area contributed by atoms with Gasteiger partial charge < -0.3 is 14.9 Å². The molecule has 2 N–H and O–H groups in total. The zero-order valence-electron chi connectivity index (χ0n) is 17.6. The van der Waals surface area contributed by atoms with Gasteiger partial charge in [0, 0.05) is 41.8 Å². The number of piperidine rings is 1. The van der Waals surface area contributed by atoms with E-state index in [4.69, 9.17) is 4.74 Å². The summed E-state index contributed by atoms with van der Waals surface area (Å²) in [5, 5.41) is 24.2. The third-order valence-electron chi connectivity index (χ3n) is 6.77. The third-order valence-corrected chi connectivity index (χ3v) is 8.27. The lowest BCUT2D eigenvalue weighted by molar-refractivity contribution is -0.135. The molecule has 2 aromatic rings. The van der Waals surface area contributed by atoms with Gasteiger partial charge in [-0.05, 0) is 31.2 Å². The summed E-state index contributed by atoms with van der Waals surface area (Å²) >= 11 is 0.749. The quantitative estimate of drug-likeness (QED) is 0.659. The summed E-state index contributed by atoms with van der Waals surface area (Å²) in [5.41, 5.74) is 0.190. The molecule has 1 saturated heterocycles. The Labute approximate surface area is 187 Å². The molecular formula is C22H26F3N3O3S. The molecule has 0 radical (unpaired) electrons. The first-order valence-electron chi connectivity index (χ1n) is 10.8. The Morgan fingerprint density at radius 2 is 2.00 bits per heavy atom. The fraction of sp³-hybridized carbons (Fsp3) is 0.591. The van der Waals surface area contributed by atoms with Gasteiger partial charge in [0.05, 0.1) is 26.0 Å². The van der Waals surface area contributed by atoms with Gasteiger partial charge in [0.1, 0.15) is 16.1 Å². The molecule has 0 amide bonds. The number of likely N-dealkylation sites (tertiary alicyclic amines) is 1. The van der Waals surface area contributed by atoms with Crippen molar-refractivity contribution in [1.29, 1.82) is 0 Å². The number of rotatable bonds is 5. The van der Waals surface area contributed by atoms with E-state index in [1.165, 1.54) is 0 Å². The average Bonchev–Trinajstić information content (AvgIpc) is 3.33. The number of aliphatic hydroxyl groups excluding tert-OH is 1. The van der Waals surface area contributed by atoms with Crippen molar-refractivity contribution in [3.8, 4) is 0 Å². The Hall–Kier alpha value is -1.72. The molecule has 0 aromatic carbocycles. The number of halogens is 3. The molecular weight excluding hydrogens is 443 g/mol. The summed E-state index contributed by atoms with van der Waals surface area (Å²) in [6.45, 7) is 2.29. The van der Waals surface area contributed by atoms with E-state index in [9.17, 15) is 23.4 Å². The van der Waals surface area contributed by atoms with Crippen LogP contribution >= 0.6 is 11.3 Å². The van der Waals surface area contributed by atoms with Crippen molar-refractivity contribution in [1.82, 2.24) is 14.7 Å². The van der Waals surface area contributed by atoms with E-state index in [-0.39, 0.29) is 5.56 Å². The van der Waals surface area contributed by atoms with E-state index in [1.807, 2.05) is 12.3 Å². The molecule has 32 heavy (non-hydrogen) atoms. The minimum Gasteiger partial charge on any atom is -0.392 e. The number of fused-ring (bicyclic) bond motifs is 2. The molecule has 4 heterocycles. The number of ether oxygens (including phenoxy) is 1. The SMILES string of the molecule is OCc1c(C(F)(F)F)sc2c1CCOC21CCN(Cc2cnn(CC3(O)C=CC3)c2)CC1. The third kappa shape index (κ3) is 3.92. The Bertz CT molecular complexity index is 1020. The molecule has 1 unspecified atom stereocenters. The normalized spacial score (nSPS) is 25.2. The maximum atomic E-state index is 13.5. The lowest BCUT2D eigenvalue weighted by Crippen LogP contribution is -2.45. The first-order chi connectivity index (χ1) is 15.2. The lowest BCUT2D eigenvalue weighted by Gasteiger charge is -2.43. The number of hydrogen-bond acceptors (Lipinski definition) is 6. The molecule has 6 nitrogen and oxygen atoms in total. The molecule has 3 aliphatic rings. The van der Waals surface area contributed by atoms with E-state index in [1.54, 1.807) is 17.0 Å². The standard InChI is InChI=1S/C22H26F3N3O3S/c23-22(24,25)19-17(13-29)16-2-9-31-21(18(16)32-19)5-7-27(8-6-21)11-15-10-26-28(12-15)14-20(30)3-1-4-20/h1,3,10,12,29-30H,2,4-9,11,13-14H2. The van der Waals surface area contributed by atoms with Crippen LogP contribution in [0.3, 0.4) is 0 Å². The summed E-state index contributed by atoms with van der Waals surface area (Å²) in [6.07, 6.45) is 5.25. The number of hydrogen-bond donors (Lipinski definition) is 2. The van der Waals surface area contributed by atoms with Crippen LogP contribution in [0.4, 0.5) is 13.2 Å². The molecule has 1 fully saturated rings. The van der Waals surface area contributed by atoms with Crippen LogP contribution in [0.2, 0.25) is 0 Å². The summed E-state index contributed by atoms with van der Waals surface area (Å²) in [7, 11) is 0. The summed E-state index contributed by atoms with van der Waals surface area (Å²) in [5.74, 6) is 0. The molecule has 174 valence electrons. The highest BCUT2D eigenvalue weighted by Gasteiger charge is 2.47. The highest BCUT2D eigenvalue weighted by atomic mass is 32.1. The average molecular weight is 470 g/mol. The van der Waals surface area contributed by atoms with Crippen molar-refractivity contribution in [3.63, 3.8) is 0 Å². The number of aliphatic hydroxyl groups is 2. The predicted molar refractivity (Wildman–Crippen MR) is 112 cm³/mol. The van der Waals surface area contributed by atoms with Gasteiger partial charge in [-0.3, -0.25) is 9.58 Å². The summed E-state index contributed by atoms with van der Waals surface area (Å²) in [4.78, 5) is 2.22. The zero-order chi connectivity index (χ0) is 22.6. The van der Waals surface area contributed by atoms with Crippen LogP contribution in [0.5, 0.6) is 0 Å². The monoisotopic (exact) mass is 469 g/mol. The Kier molecular flexibility index (Phi) is 5.49. The topological polar surface area (TPSA) is 70.8 Å². The number of thiophene rings is 1. The van der Waals surface area contributed by atoms with Crippen molar-refractivity contribution < 1.29 is 28.1 Å². The molecule has 10 heteroatoms. The fourth-order valence-corrected chi connectivity index (χ4v) is 6.43. The summed E-state index contributed by atoms with van der Waals surface area (Å²) in [6, 6.07) is 0. The highest BCUT2D eigenvalue weighted by Crippen LogP contribution is 2.50. The van der Waals surface area contributed by atoms with Crippen molar-refractivity contribution >= 4 is 11.3 Å². The van der Waals surface area contributed by atoms with Gasteiger partial charge in [-0.25, -0.2) is 0 Å². The lowest BCUT2D eigenvalue weighted by atomic mass is 9.84. The van der Waals surface area contributed by atoms with E-state index >= 15 is 0 Å². The van der Waals surface area contributed by atoms with Crippen molar-refractivity contribution in [2.24, 2.45) is 0 Å². The van der Waals surface area contributed by atoms with Gasteiger partial charge in [-0.2, -0.15) is 18.3 Å². The van der Waals surface area contributed by atoms with Crippen LogP contribution in [0.25, 0.3) is 0 Å². The van der Waals surface area contributed by atoms with Crippen LogP contribution in [0.15, 0.2) is 24.5 Å². The molecule has 1 atom stereocenters. The van der Waals surface area contributed by atoms with Gasteiger partial charge >= 0.3 is 6.18 Å². The van der Waals surface area contributed by atoms with E-state index < -0.39 is 28.9 Å². The molecule has 5 rings (SSSR count). The van der Waals surface area contributed by atoms with Gasteiger partial charge in [0.15, 0.2) is 0 Å². The molecule has 0 bridgehead atoms. The van der Waals surface area contributed by atoms with Crippen molar-refractivity contribution in [3.05, 3.63) is 51.0 Å². The maximum Gasteiger partial charge on any atom is 0.425 e. The van der Waals surface area contributed by atoms with Crippen LogP contribution in [-0.4, -0.2) is 50.2 Å². The summed E-state index contributed by atoms with van der Waals surface area (Å²) < 4.78 is 48.5. The first-order valence-corrected chi connectivity index (χ1v) is 11.6.